The van der Waals surface area contributed by atoms with E-state index < -0.39 is 6.10 Å². The second-order valence-electron chi connectivity index (χ2n) is 20.9. The number of rotatable bonds is 57. The van der Waals surface area contributed by atoms with E-state index in [-0.39, 0.29) is 31.1 Å². The van der Waals surface area contributed by atoms with Crippen LogP contribution in [0.3, 0.4) is 0 Å². The SMILES string of the molecule is CC/C=C\C/C=C\C/C=C\C/C=C\C/C=C\C/C=C\CCCCCCCCC(=O)OCC(COC(=O)CCCCCCC/C=C\CCCCCC)OC(=O)CCCCCCCC/C=C\C/C=C\C/C=C\CCCCCCC. The number of carbonyl (C=O) groups is 3. The maximum Gasteiger partial charge on any atom is 0.306 e. The third kappa shape index (κ3) is 62.5. The summed E-state index contributed by atoms with van der Waals surface area (Å²) in [6.45, 7) is 6.48. The van der Waals surface area contributed by atoms with Crippen molar-refractivity contribution in [2.45, 2.75) is 297 Å². The van der Waals surface area contributed by atoms with Crippen LogP contribution in [0.25, 0.3) is 0 Å². The lowest BCUT2D eigenvalue weighted by Gasteiger charge is -2.18. The van der Waals surface area contributed by atoms with Gasteiger partial charge in [0.05, 0.1) is 0 Å². The minimum absolute atomic E-state index is 0.0947. The summed E-state index contributed by atoms with van der Waals surface area (Å²) in [7, 11) is 0. The molecule has 1 atom stereocenters. The number of allylic oxidation sites excluding steroid dienone is 20. The Bertz CT molecular complexity index is 1600. The molecule has 438 valence electrons. The lowest BCUT2D eigenvalue weighted by molar-refractivity contribution is -0.167. The third-order valence-corrected chi connectivity index (χ3v) is 13.4. The molecule has 0 aromatic heterocycles. The first-order valence-electron chi connectivity index (χ1n) is 32.0. The molecule has 0 bridgehead atoms. The molecule has 0 radical (unpaired) electrons. The van der Waals surface area contributed by atoms with Gasteiger partial charge in [0.2, 0.25) is 0 Å². The van der Waals surface area contributed by atoms with Crippen LogP contribution >= 0.6 is 0 Å². The Labute approximate surface area is 475 Å². The molecule has 0 saturated carbocycles. The lowest BCUT2D eigenvalue weighted by atomic mass is 10.1. The number of unbranched alkanes of at least 4 members (excludes halogenated alkanes) is 26. The van der Waals surface area contributed by atoms with Gasteiger partial charge in [0.25, 0.3) is 0 Å². The van der Waals surface area contributed by atoms with Gasteiger partial charge >= 0.3 is 17.9 Å². The van der Waals surface area contributed by atoms with Gasteiger partial charge < -0.3 is 14.2 Å². The van der Waals surface area contributed by atoms with Gasteiger partial charge in [-0.05, 0) is 135 Å². The van der Waals surface area contributed by atoms with Crippen molar-refractivity contribution in [1.29, 1.82) is 0 Å². The summed E-state index contributed by atoms with van der Waals surface area (Å²) in [6.07, 6.45) is 89.1. The van der Waals surface area contributed by atoms with Gasteiger partial charge in [-0.1, -0.05) is 258 Å². The van der Waals surface area contributed by atoms with Crippen molar-refractivity contribution in [3.63, 3.8) is 0 Å². The van der Waals surface area contributed by atoms with Crippen molar-refractivity contribution in [2.75, 3.05) is 13.2 Å². The second kappa shape index (κ2) is 64.3. The number of esters is 3. The molecule has 0 aliphatic heterocycles. The zero-order chi connectivity index (χ0) is 55.7. The quantitative estimate of drug-likeness (QED) is 0.0261. The standard InChI is InChI=1S/C71H118O6/c1-4-7-10-13-16-19-22-25-27-29-31-33-34-35-36-38-39-41-43-46-49-52-55-58-61-64-70(73)76-67-68(66-75-69(72)63-60-57-54-51-48-45-24-21-18-15-12-9-6-3)77-71(74)65-62-59-56-53-50-47-44-42-40-37-32-30-28-26-23-20-17-14-11-8-5-2/h7,10,16,19,21,23-27,30-33,35-36,39-42,68H,4-6,8-9,11-15,17-18,20,22,28-29,34,37-38,43-67H2,1-3H3/b10-7-,19-16-,24-21-,26-23-,27-25-,32-30-,33-31-,36-35-,41-39-,42-40-. The van der Waals surface area contributed by atoms with E-state index >= 15 is 0 Å². The van der Waals surface area contributed by atoms with Crippen LogP contribution in [-0.4, -0.2) is 37.2 Å². The minimum Gasteiger partial charge on any atom is -0.462 e. The second-order valence-corrected chi connectivity index (χ2v) is 20.9. The highest BCUT2D eigenvalue weighted by molar-refractivity contribution is 5.71. The maximum absolute atomic E-state index is 12.9. The van der Waals surface area contributed by atoms with Gasteiger partial charge in [-0.2, -0.15) is 0 Å². The van der Waals surface area contributed by atoms with Gasteiger partial charge in [-0.25, -0.2) is 0 Å². The van der Waals surface area contributed by atoms with E-state index in [2.05, 4.69) is 142 Å². The molecule has 77 heavy (non-hydrogen) atoms. The summed E-state index contributed by atoms with van der Waals surface area (Å²) < 4.78 is 16.9. The van der Waals surface area contributed by atoms with Crippen LogP contribution in [0.4, 0.5) is 0 Å². The number of hydrogen-bond donors (Lipinski definition) is 0. The first kappa shape index (κ1) is 72.8. The number of carbonyl (C=O) groups excluding carboxylic acids is 3. The fourth-order valence-corrected chi connectivity index (χ4v) is 8.62. The van der Waals surface area contributed by atoms with Gasteiger partial charge in [0.1, 0.15) is 13.2 Å². The molecule has 0 aromatic carbocycles. The monoisotopic (exact) mass is 1070 g/mol. The highest BCUT2D eigenvalue weighted by Gasteiger charge is 2.19. The van der Waals surface area contributed by atoms with E-state index in [1.807, 2.05) is 0 Å². The molecule has 0 saturated heterocycles. The summed E-state index contributed by atoms with van der Waals surface area (Å²) in [6, 6.07) is 0. The molecule has 0 spiro atoms. The van der Waals surface area contributed by atoms with Crippen molar-refractivity contribution in [3.05, 3.63) is 122 Å². The lowest BCUT2D eigenvalue weighted by Crippen LogP contribution is -2.30. The number of ether oxygens (including phenoxy) is 3. The molecular formula is C71H118O6. The Balaban J connectivity index is 4.42. The first-order chi connectivity index (χ1) is 38.0. The summed E-state index contributed by atoms with van der Waals surface area (Å²) >= 11 is 0. The van der Waals surface area contributed by atoms with Gasteiger partial charge in [0.15, 0.2) is 6.10 Å². The molecule has 0 N–H and O–H groups in total. The topological polar surface area (TPSA) is 78.9 Å². The molecule has 6 nitrogen and oxygen atoms in total. The minimum atomic E-state index is -0.799. The molecular weight excluding hydrogens is 949 g/mol. The van der Waals surface area contributed by atoms with Crippen LogP contribution in [-0.2, 0) is 28.6 Å². The highest BCUT2D eigenvalue weighted by atomic mass is 16.6. The Morgan fingerprint density at radius 1 is 0.273 bits per heavy atom. The Morgan fingerprint density at radius 3 is 0.818 bits per heavy atom. The van der Waals surface area contributed by atoms with Crippen molar-refractivity contribution < 1.29 is 28.6 Å². The normalized spacial score (nSPS) is 12.9. The van der Waals surface area contributed by atoms with E-state index in [1.165, 1.54) is 103 Å². The summed E-state index contributed by atoms with van der Waals surface area (Å²) in [5.41, 5.74) is 0. The van der Waals surface area contributed by atoms with Gasteiger partial charge in [0, 0.05) is 19.3 Å². The van der Waals surface area contributed by atoms with E-state index in [9.17, 15) is 14.4 Å². The average molecular weight is 1070 g/mol. The van der Waals surface area contributed by atoms with Crippen molar-refractivity contribution in [1.82, 2.24) is 0 Å². The largest absolute Gasteiger partial charge is 0.462 e. The first-order valence-corrected chi connectivity index (χ1v) is 32.0. The Morgan fingerprint density at radius 2 is 0.506 bits per heavy atom. The van der Waals surface area contributed by atoms with Crippen molar-refractivity contribution in [2.24, 2.45) is 0 Å². The smallest absolute Gasteiger partial charge is 0.306 e. The fraction of sp³-hybridized carbons (Fsp3) is 0.676. The predicted octanol–water partition coefficient (Wildman–Crippen LogP) is 22.0. The van der Waals surface area contributed by atoms with Crippen LogP contribution < -0.4 is 0 Å². The van der Waals surface area contributed by atoms with E-state index in [0.29, 0.717) is 19.3 Å². The van der Waals surface area contributed by atoms with Crippen molar-refractivity contribution >= 4 is 17.9 Å². The maximum atomic E-state index is 12.9. The number of hydrogen-bond acceptors (Lipinski definition) is 6. The van der Waals surface area contributed by atoms with Crippen LogP contribution in [0.15, 0.2) is 122 Å². The molecule has 0 amide bonds. The van der Waals surface area contributed by atoms with Gasteiger partial charge in [-0.3, -0.25) is 14.4 Å². The average Bonchev–Trinajstić information content (AvgIpc) is 3.43. The summed E-state index contributed by atoms with van der Waals surface area (Å²) in [5.74, 6) is -0.927. The zero-order valence-electron chi connectivity index (χ0n) is 50.2. The molecule has 1 unspecified atom stereocenters. The summed E-state index contributed by atoms with van der Waals surface area (Å²) in [5, 5.41) is 0. The molecule has 0 heterocycles. The molecule has 6 heteroatoms. The molecule has 0 aliphatic carbocycles. The Hall–Kier alpha value is -4.19. The summed E-state index contributed by atoms with van der Waals surface area (Å²) in [4.78, 5) is 38.3. The van der Waals surface area contributed by atoms with Crippen molar-refractivity contribution in [3.8, 4) is 0 Å². The van der Waals surface area contributed by atoms with E-state index in [4.69, 9.17) is 14.2 Å². The third-order valence-electron chi connectivity index (χ3n) is 13.4. The fourth-order valence-electron chi connectivity index (χ4n) is 8.62. The van der Waals surface area contributed by atoms with E-state index in [0.717, 1.165) is 148 Å². The van der Waals surface area contributed by atoms with Crippen LogP contribution in [0.2, 0.25) is 0 Å². The molecule has 0 rings (SSSR count). The zero-order valence-corrected chi connectivity index (χ0v) is 50.2. The molecule has 0 aliphatic rings. The van der Waals surface area contributed by atoms with Gasteiger partial charge in [-0.15, -0.1) is 0 Å². The predicted molar refractivity (Wildman–Crippen MR) is 334 cm³/mol. The molecule has 0 fully saturated rings. The Kier molecular flexibility index (Phi) is 60.8. The highest BCUT2D eigenvalue weighted by Crippen LogP contribution is 2.14. The van der Waals surface area contributed by atoms with Crippen LogP contribution in [0.1, 0.15) is 290 Å². The van der Waals surface area contributed by atoms with Crippen LogP contribution in [0, 0.1) is 0 Å². The molecule has 0 aromatic rings. The van der Waals surface area contributed by atoms with E-state index in [1.54, 1.807) is 0 Å². The van der Waals surface area contributed by atoms with Crippen LogP contribution in [0.5, 0.6) is 0 Å².